The van der Waals surface area contributed by atoms with E-state index in [2.05, 4.69) is 51.5 Å². The molecule has 0 fully saturated rings. The molecule has 2 rings (SSSR count). The van der Waals surface area contributed by atoms with E-state index in [4.69, 9.17) is 0 Å². The van der Waals surface area contributed by atoms with E-state index in [0.29, 0.717) is 0 Å². The average Bonchev–Trinajstić information content (AvgIpc) is 2.78. The molecular weight excluding hydrogens is 290 g/mol. The van der Waals surface area contributed by atoms with Crippen molar-refractivity contribution >= 4 is 15.9 Å². The lowest BCUT2D eigenvalue weighted by Crippen LogP contribution is -2.14. The smallest absolute Gasteiger partial charge is 0.0657 e. The Morgan fingerprint density at radius 2 is 2.22 bits per heavy atom. The van der Waals surface area contributed by atoms with Crippen molar-refractivity contribution in [2.75, 3.05) is 6.54 Å². The molecule has 0 spiro atoms. The highest BCUT2D eigenvalue weighted by Gasteiger charge is 2.03. The predicted molar refractivity (Wildman–Crippen MR) is 78.0 cm³/mol. The van der Waals surface area contributed by atoms with Gasteiger partial charge in [0.2, 0.25) is 0 Å². The second-order valence-corrected chi connectivity index (χ2v) is 5.27. The zero-order valence-electron chi connectivity index (χ0n) is 10.8. The monoisotopic (exact) mass is 307 g/mol. The number of halogens is 1. The van der Waals surface area contributed by atoms with Gasteiger partial charge < -0.3 is 5.32 Å². The fourth-order valence-corrected chi connectivity index (χ4v) is 2.28. The van der Waals surface area contributed by atoms with Crippen molar-refractivity contribution in [3.63, 3.8) is 0 Å². The fourth-order valence-electron chi connectivity index (χ4n) is 1.78. The second-order valence-electron chi connectivity index (χ2n) is 4.41. The molecule has 0 aliphatic carbocycles. The van der Waals surface area contributed by atoms with Gasteiger partial charge in [-0.2, -0.15) is 5.10 Å². The van der Waals surface area contributed by atoms with E-state index in [1.54, 1.807) is 0 Å². The summed E-state index contributed by atoms with van der Waals surface area (Å²) in [7, 11) is 0. The van der Waals surface area contributed by atoms with Gasteiger partial charge in [0, 0.05) is 17.2 Å². The van der Waals surface area contributed by atoms with E-state index < -0.39 is 0 Å². The molecule has 0 amide bonds. The van der Waals surface area contributed by atoms with Gasteiger partial charge >= 0.3 is 0 Å². The summed E-state index contributed by atoms with van der Waals surface area (Å²) in [5.74, 6) is 0. The highest BCUT2D eigenvalue weighted by molar-refractivity contribution is 9.10. The first-order chi connectivity index (χ1) is 8.70. The van der Waals surface area contributed by atoms with Crippen molar-refractivity contribution in [1.82, 2.24) is 15.1 Å². The van der Waals surface area contributed by atoms with Crippen LogP contribution in [-0.4, -0.2) is 16.3 Å². The molecule has 1 heterocycles. The lowest BCUT2D eigenvalue weighted by atomic mass is 10.2. The van der Waals surface area contributed by atoms with Gasteiger partial charge in [0.1, 0.15) is 0 Å². The van der Waals surface area contributed by atoms with Gasteiger partial charge in [-0.05, 0) is 43.1 Å². The third kappa shape index (κ3) is 3.21. The van der Waals surface area contributed by atoms with Crippen LogP contribution in [0.15, 0.2) is 35.1 Å². The number of nitrogens with one attached hydrogen (secondary N) is 1. The van der Waals surface area contributed by atoms with Gasteiger partial charge in [0.05, 0.1) is 11.9 Å². The zero-order chi connectivity index (χ0) is 13.0. The summed E-state index contributed by atoms with van der Waals surface area (Å²) < 4.78 is 3.01. The average molecular weight is 308 g/mol. The second kappa shape index (κ2) is 6.16. The number of aromatic nitrogens is 2. The first-order valence-corrected chi connectivity index (χ1v) is 7.01. The van der Waals surface area contributed by atoms with Crippen molar-refractivity contribution in [1.29, 1.82) is 0 Å². The van der Waals surface area contributed by atoms with Gasteiger partial charge in [-0.25, -0.2) is 4.68 Å². The molecule has 4 heteroatoms. The number of hydrogen-bond donors (Lipinski definition) is 1. The maximum absolute atomic E-state index is 4.31. The molecule has 0 radical (unpaired) electrons. The number of nitrogens with zero attached hydrogens (tertiary/aromatic N) is 2. The minimum atomic E-state index is 0.896. The molecule has 3 nitrogen and oxygen atoms in total. The largest absolute Gasteiger partial charge is 0.313 e. The van der Waals surface area contributed by atoms with Crippen LogP contribution in [0.2, 0.25) is 0 Å². The Morgan fingerprint density at radius 3 is 2.83 bits per heavy atom. The van der Waals surface area contributed by atoms with Crippen molar-refractivity contribution < 1.29 is 0 Å². The minimum Gasteiger partial charge on any atom is -0.313 e. The van der Waals surface area contributed by atoms with Gasteiger partial charge in [-0.1, -0.05) is 28.9 Å². The lowest BCUT2D eigenvalue weighted by Gasteiger charge is -2.08. The quantitative estimate of drug-likeness (QED) is 0.858. The Kier molecular flexibility index (Phi) is 4.55. The van der Waals surface area contributed by atoms with E-state index in [9.17, 15) is 0 Å². The molecule has 0 unspecified atom stereocenters. The summed E-state index contributed by atoms with van der Waals surface area (Å²) in [6, 6.07) is 6.34. The molecule has 18 heavy (non-hydrogen) atoms. The fraction of sp³-hybridized carbons (Fsp3) is 0.357. The van der Waals surface area contributed by atoms with Crippen LogP contribution in [0.25, 0.3) is 5.69 Å². The molecule has 2 aromatic rings. The summed E-state index contributed by atoms with van der Waals surface area (Å²) >= 11 is 3.62. The molecule has 0 bridgehead atoms. The van der Waals surface area contributed by atoms with Crippen molar-refractivity contribution in [3.8, 4) is 5.69 Å². The molecule has 0 saturated carbocycles. The topological polar surface area (TPSA) is 29.9 Å². The maximum atomic E-state index is 4.31. The van der Waals surface area contributed by atoms with Crippen molar-refractivity contribution in [3.05, 3.63) is 46.2 Å². The molecule has 0 atom stereocenters. The van der Waals surface area contributed by atoms with Crippen LogP contribution < -0.4 is 5.32 Å². The third-order valence-electron chi connectivity index (χ3n) is 2.76. The Labute approximate surface area is 116 Å². The first-order valence-electron chi connectivity index (χ1n) is 6.21. The minimum absolute atomic E-state index is 0.896. The van der Waals surface area contributed by atoms with E-state index >= 15 is 0 Å². The molecule has 1 N–H and O–H groups in total. The van der Waals surface area contributed by atoms with Gasteiger partial charge in [-0.3, -0.25) is 0 Å². The normalized spacial score (nSPS) is 10.8. The van der Waals surface area contributed by atoms with Crippen molar-refractivity contribution in [2.24, 2.45) is 0 Å². The Bertz CT molecular complexity index is 520. The van der Waals surface area contributed by atoms with Crippen LogP contribution in [0.1, 0.15) is 24.5 Å². The molecule has 0 aliphatic heterocycles. The Balaban J connectivity index is 2.14. The van der Waals surface area contributed by atoms with E-state index in [0.717, 1.165) is 29.7 Å². The van der Waals surface area contributed by atoms with E-state index in [-0.39, 0.29) is 0 Å². The number of hydrogen-bond acceptors (Lipinski definition) is 2. The van der Waals surface area contributed by atoms with Crippen LogP contribution in [0.5, 0.6) is 0 Å². The zero-order valence-corrected chi connectivity index (χ0v) is 12.4. The number of rotatable bonds is 5. The van der Waals surface area contributed by atoms with Gasteiger partial charge in [0.25, 0.3) is 0 Å². The van der Waals surface area contributed by atoms with Crippen LogP contribution >= 0.6 is 15.9 Å². The molecule has 1 aromatic carbocycles. The molecule has 0 saturated heterocycles. The van der Waals surface area contributed by atoms with E-state index in [1.807, 2.05) is 24.0 Å². The van der Waals surface area contributed by atoms with Crippen LogP contribution in [0.4, 0.5) is 0 Å². The van der Waals surface area contributed by atoms with Gasteiger partial charge in [-0.15, -0.1) is 0 Å². The molecule has 1 aromatic heterocycles. The van der Waals surface area contributed by atoms with Crippen LogP contribution in [-0.2, 0) is 6.54 Å². The first kappa shape index (κ1) is 13.3. The molecule has 0 aliphatic rings. The molecule has 96 valence electrons. The maximum Gasteiger partial charge on any atom is 0.0657 e. The Morgan fingerprint density at radius 1 is 1.39 bits per heavy atom. The highest BCUT2D eigenvalue weighted by atomic mass is 79.9. The van der Waals surface area contributed by atoms with Crippen LogP contribution in [0, 0.1) is 6.92 Å². The van der Waals surface area contributed by atoms with Crippen LogP contribution in [0.3, 0.4) is 0 Å². The van der Waals surface area contributed by atoms with E-state index in [1.165, 1.54) is 11.1 Å². The number of aryl methyl sites for hydroxylation is 1. The summed E-state index contributed by atoms with van der Waals surface area (Å²) in [5.41, 5.74) is 3.52. The lowest BCUT2D eigenvalue weighted by molar-refractivity contribution is 0.673. The Hall–Kier alpha value is -1.13. The standard InChI is InChI=1S/C14H18BrN3/c1-3-6-16-9-12-4-5-13(7-14(12)15)18-10-11(2)8-17-18/h4-5,7-8,10,16H,3,6,9H2,1-2H3. The number of benzene rings is 1. The van der Waals surface area contributed by atoms with Gasteiger partial charge in [0.15, 0.2) is 0 Å². The summed E-state index contributed by atoms with van der Waals surface area (Å²) in [6.45, 7) is 6.16. The third-order valence-corrected chi connectivity index (χ3v) is 3.49. The highest BCUT2D eigenvalue weighted by Crippen LogP contribution is 2.20. The summed E-state index contributed by atoms with van der Waals surface area (Å²) in [4.78, 5) is 0. The summed E-state index contributed by atoms with van der Waals surface area (Å²) in [5, 5.41) is 7.72. The predicted octanol–water partition coefficient (Wildman–Crippen LogP) is 3.44. The van der Waals surface area contributed by atoms with Crippen molar-refractivity contribution in [2.45, 2.75) is 26.8 Å². The summed E-state index contributed by atoms with van der Waals surface area (Å²) in [6.07, 6.45) is 5.05. The SMILES string of the molecule is CCCNCc1ccc(-n2cc(C)cn2)cc1Br. The molecular formula is C14H18BrN3.